The van der Waals surface area contributed by atoms with Crippen LogP contribution in [-0.2, 0) is 18.4 Å². The van der Waals surface area contributed by atoms with Gasteiger partial charge < -0.3 is 19.8 Å². The minimum atomic E-state index is -4.33. The van der Waals surface area contributed by atoms with Crippen molar-refractivity contribution in [1.82, 2.24) is 5.32 Å². The van der Waals surface area contributed by atoms with Crippen LogP contribution in [0.25, 0.3) is 0 Å². The van der Waals surface area contributed by atoms with Gasteiger partial charge in [-0.15, -0.1) is 0 Å². The summed E-state index contributed by atoms with van der Waals surface area (Å²) in [6.07, 6.45) is 38.2. The van der Waals surface area contributed by atoms with Gasteiger partial charge in [0, 0.05) is 6.42 Å². The van der Waals surface area contributed by atoms with Crippen LogP contribution in [0, 0.1) is 0 Å². The number of carbonyl (C=O) groups is 1. The van der Waals surface area contributed by atoms with E-state index in [-0.39, 0.29) is 19.1 Å². The summed E-state index contributed by atoms with van der Waals surface area (Å²) in [6, 6.07) is -0.856. The van der Waals surface area contributed by atoms with Crippen molar-refractivity contribution in [2.24, 2.45) is 0 Å². The van der Waals surface area contributed by atoms with Crippen molar-refractivity contribution in [3.63, 3.8) is 0 Å². The van der Waals surface area contributed by atoms with E-state index in [1.165, 1.54) is 122 Å². The molecule has 0 saturated heterocycles. The molecule has 0 heterocycles. The SMILES string of the molecule is CCCCCCCCCCCCCC/C=C/CC/C=C/C(O)C(COP(=O)(O)OCC[N+](C)(C)C)NC(=O)CCCCCCCCCCCC. The number of phosphoric acid groups is 1. The molecule has 0 aliphatic heterocycles. The number of aliphatic hydroxyl groups is 1. The summed E-state index contributed by atoms with van der Waals surface area (Å²) in [4.78, 5) is 23.0. The fourth-order valence-electron chi connectivity index (χ4n) is 5.82. The van der Waals surface area contributed by atoms with Crippen LogP contribution in [-0.4, -0.2) is 73.4 Å². The van der Waals surface area contributed by atoms with E-state index in [0.717, 1.165) is 38.5 Å². The van der Waals surface area contributed by atoms with Gasteiger partial charge in [-0.2, -0.15) is 0 Å². The summed E-state index contributed by atoms with van der Waals surface area (Å²) < 4.78 is 23.4. The summed E-state index contributed by atoms with van der Waals surface area (Å²) >= 11 is 0. The fraction of sp³-hybridized carbons (Fsp3) is 0.878. The number of nitrogens with zero attached hydrogens (tertiary/aromatic N) is 1. The number of phosphoric ester groups is 1. The number of hydrogen-bond donors (Lipinski definition) is 3. The van der Waals surface area contributed by atoms with Gasteiger partial charge in [-0.3, -0.25) is 13.8 Å². The van der Waals surface area contributed by atoms with E-state index in [4.69, 9.17) is 9.05 Å². The number of allylic oxidation sites excluding steroid dienone is 3. The maximum absolute atomic E-state index is 12.8. The maximum Gasteiger partial charge on any atom is 0.472 e. The quantitative estimate of drug-likeness (QED) is 0.0254. The third kappa shape index (κ3) is 35.4. The zero-order chi connectivity index (χ0) is 37.2. The number of unbranched alkanes of at least 4 members (excludes halogenated alkanes) is 22. The predicted molar refractivity (Wildman–Crippen MR) is 212 cm³/mol. The second kappa shape index (κ2) is 33.8. The summed E-state index contributed by atoms with van der Waals surface area (Å²) in [5, 5.41) is 13.7. The molecule has 0 aliphatic rings. The van der Waals surface area contributed by atoms with E-state index in [9.17, 15) is 19.4 Å². The molecule has 0 radical (unpaired) electrons. The van der Waals surface area contributed by atoms with Crippen molar-refractivity contribution in [2.75, 3.05) is 40.9 Å². The largest absolute Gasteiger partial charge is 0.472 e. The van der Waals surface area contributed by atoms with E-state index in [0.29, 0.717) is 17.4 Å². The van der Waals surface area contributed by atoms with Gasteiger partial charge in [0.05, 0.1) is 39.9 Å². The first-order valence-electron chi connectivity index (χ1n) is 20.7. The topological polar surface area (TPSA) is 105 Å². The number of quaternary nitrogens is 1. The second-order valence-corrected chi connectivity index (χ2v) is 16.8. The van der Waals surface area contributed by atoms with Gasteiger partial charge in [-0.25, -0.2) is 4.57 Å². The van der Waals surface area contributed by atoms with Gasteiger partial charge in [-0.05, 0) is 32.1 Å². The molecule has 0 spiro atoms. The summed E-state index contributed by atoms with van der Waals surface area (Å²) in [7, 11) is 1.56. The lowest BCUT2D eigenvalue weighted by Crippen LogP contribution is -2.45. The minimum absolute atomic E-state index is 0.0579. The highest BCUT2D eigenvalue weighted by Gasteiger charge is 2.27. The van der Waals surface area contributed by atoms with Crippen molar-refractivity contribution in [1.29, 1.82) is 0 Å². The van der Waals surface area contributed by atoms with Crippen LogP contribution in [0.2, 0.25) is 0 Å². The van der Waals surface area contributed by atoms with E-state index in [1.807, 2.05) is 27.2 Å². The van der Waals surface area contributed by atoms with Crippen LogP contribution in [0.5, 0.6) is 0 Å². The number of aliphatic hydroxyl groups excluding tert-OH is 1. The molecule has 296 valence electrons. The van der Waals surface area contributed by atoms with E-state index < -0.39 is 20.0 Å². The Morgan fingerprint density at radius 2 is 1.10 bits per heavy atom. The van der Waals surface area contributed by atoms with Gasteiger partial charge in [0.1, 0.15) is 13.2 Å². The zero-order valence-corrected chi connectivity index (χ0v) is 34.3. The molecule has 0 bridgehead atoms. The molecule has 8 nitrogen and oxygen atoms in total. The molecule has 0 aromatic carbocycles. The van der Waals surface area contributed by atoms with Gasteiger partial charge in [0.25, 0.3) is 0 Å². The highest BCUT2D eigenvalue weighted by Crippen LogP contribution is 2.43. The zero-order valence-electron chi connectivity index (χ0n) is 33.4. The molecule has 0 rings (SSSR count). The predicted octanol–water partition coefficient (Wildman–Crippen LogP) is 11.0. The van der Waals surface area contributed by atoms with E-state index >= 15 is 0 Å². The molecule has 3 N–H and O–H groups in total. The van der Waals surface area contributed by atoms with Crippen LogP contribution in [0.3, 0.4) is 0 Å². The Kier molecular flexibility index (Phi) is 33.1. The van der Waals surface area contributed by atoms with Crippen LogP contribution in [0.4, 0.5) is 0 Å². The van der Waals surface area contributed by atoms with Gasteiger partial charge in [0.2, 0.25) is 5.91 Å². The van der Waals surface area contributed by atoms with E-state index in [1.54, 1.807) is 6.08 Å². The minimum Gasteiger partial charge on any atom is -0.387 e. The lowest BCUT2D eigenvalue weighted by atomic mass is 10.0. The van der Waals surface area contributed by atoms with Crippen molar-refractivity contribution >= 4 is 13.7 Å². The highest BCUT2D eigenvalue weighted by atomic mass is 31.2. The summed E-state index contributed by atoms with van der Waals surface area (Å²) in [5.74, 6) is -0.190. The number of carbonyl (C=O) groups excluding carboxylic acids is 1. The molecule has 0 aromatic rings. The molecule has 0 saturated carbocycles. The average Bonchev–Trinajstić information content (AvgIpc) is 3.06. The Bertz CT molecular complexity index is 876. The monoisotopic (exact) mass is 730 g/mol. The van der Waals surface area contributed by atoms with Crippen molar-refractivity contribution in [3.8, 4) is 0 Å². The smallest absolute Gasteiger partial charge is 0.387 e. The Labute approximate surface area is 309 Å². The van der Waals surface area contributed by atoms with E-state index in [2.05, 4.69) is 31.3 Å². The fourth-order valence-corrected chi connectivity index (χ4v) is 6.56. The third-order valence-corrected chi connectivity index (χ3v) is 10.2. The number of amides is 1. The first-order valence-corrected chi connectivity index (χ1v) is 22.2. The van der Waals surface area contributed by atoms with Gasteiger partial charge in [-0.1, -0.05) is 167 Å². The Balaban J connectivity index is 4.49. The third-order valence-electron chi connectivity index (χ3n) is 9.17. The molecule has 0 fully saturated rings. The molecule has 3 atom stereocenters. The molecule has 9 heteroatoms. The molecular formula is C41H82N2O6P+. The van der Waals surface area contributed by atoms with Crippen molar-refractivity contribution < 1.29 is 32.9 Å². The van der Waals surface area contributed by atoms with Crippen LogP contribution in [0.1, 0.15) is 181 Å². The Morgan fingerprint density at radius 1 is 0.660 bits per heavy atom. The van der Waals surface area contributed by atoms with Crippen LogP contribution >= 0.6 is 7.82 Å². The second-order valence-electron chi connectivity index (χ2n) is 15.4. The first-order chi connectivity index (χ1) is 24.0. The number of hydrogen-bond acceptors (Lipinski definition) is 5. The lowest BCUT2D eigenvalue weighted by molar-refractivity contribution is -0.870. The Morgan fingerprint density at radius 3 is 1.60 bits per heavy atom. The summed E-state index contributed by atoms with van der Waals surface area (Å²) in [5.41, 5.74) is 0. The molecule has 0 aliphatic carbocycles. The van der Waals surface area contributed by atoms with Crippen molar-refractivity contribution in [3.05, 3.63) is 24.3 Å². The van der Waals surface area contributed by atoms with Gasteiger partial charge in [0.15, 0.2) is 0 Å². The average molecular weight is 730 g/mol. The normalized spacial score (nSPS) is 14.8. The summed E-state index contributed by atoms with van der Waals surface area (Å²) in [6.45, 7) is 4.77. The molecule has 3 unspecified atom stereocenters. The van der Waals surface area contributed by atoms with Gasteiger partial charge >= 0.3 is 7.82 Å². The molecule has 1 amide bonds. The molecule has 0 aromatic heterocycles. The number of nitrogens with one attached hydrogen (secondary N) is 1. The number of rotatable bonds is 37. The molecule has 50 heavy (non-hydrogen) atoms. The Hall–Kier alpha value is -1.02. The van der Waals surface area contributed by atoms with Crippen LogP contribution in [0.15, 0.2) is 24.3 Å². The van der Waals surface area contributed by atoms with Crippen LogP contribution < -0.4 is 5.32 Å². The standard InChI is InChI=1S/C41H81N2O6P/c1-6-8-10-12-14-16-18-19-20-21-22-23-24-25-26-28-30-32-34-40(44)39(38-49-50(46,47)48-37-36-43(3,4)5)42-41(45)35-33-31-29-27-17-15-13-11-9-7-2/h25-26,32,34,39-40,44H,6-24,27-31,33,35-38H2,1-5H3,(H-,42,45,46,47)/p+1/b26-25+,34-32+. The maximum atomic E-state index is 12.8. The highest BCUT2D eigenvalue weighted by molar-refractivity contribution is 7.47. The first kappa shape index (κ1) is 49.0. The lowest BCUT2D eigenvalue weighted by Gasteiger charge is -2.25. The van der Waals surface area contributed by atoms with Crippen molar-refractivity contribution in [2.45, 2.75) is 193 Å². The number of likely N-dealkylation sites (N-methyl/N-ethyl adjacent to an activating group) is 1. The molecular weight excluding hydrogens is 647 g/mol.